The predicted octanol–water partition coefficient (Wildman–Crippen LogP) is 2.32. The number of amides is 1. The van der Waals surface area contributed by atoms with E-state index >= 15 is 0 Å². The third-order valence-corrected chi connectivity index (χ3v) is 4.13. The molecule has 0 radical (unpaired) electrons. The van der Waals surface area contributed by atoms with E-state index in [0.717, 1.165) is 55.0 Å². The lowest BCUT2D eigenvalue weighted by molar-refractivity contribution is 0.0697. The van der Waals surface area contributed by atoms with Gasteiger partial charge in [0.05, 0.1) is 5.52 Å². The molecule has 0 saturated carbocycles. The number of carbonyl (C=O) groups is 1. The number of rotatable bonds is 2. The molecule has 1 saturated heterocycles. The molecule has 1 amide bonds. The molecule has 0 unspecified atom stereocenters. The molecular formula is C15H20N4O. The van der Waals surface area contributed by atoms with Crippen molar-refractivity contribution in [2.75, 3.05) is 13.1 Å². The quantitative estimate of drug-likeness (QED) is 0.843. The number of aryl methyl sites for hydroxylation is 1. The molecule has 3 rings (SSSR count). The first-order valence-corrected chi connectivity index (χ1v) is 7.31. The lowest BCUT2D eigenvalue weighted by Gasteiger charge is -2.30. The van der Waals surface area contributed by atoms with Crippen LogP contribution in [0.4, 0.5) is 0 Å². The van der Waals surface area contributed by atoms with Gasteiger partial charge in [-0.1, -0.05) is 12.1 Å². The predicted molar refractivity (Wildman–Crippen MR) is 77.5 cm³/mol. The maximum Gasteiger partial charge on any atom is 0.253 e. The summed E-state index contributed by atoms with van der Waals surface area (Å²) in [5.41, 5.74) is 2.50. The van der Waals surface area contributed by atoms with Crippen molar-refractivity contribution in [2.45, 2.75) is 33.2 Å². The molecule has 1 aliphatic rings. The van der Waals surface area contributed by atoms with Crippen LogP contribution in [-0.4, -0.2) is 38.9 Å². The Kier molecular flexibility index (Phi) is 3.42. The zero-order valence-corrected chi connectivity index (χ0v) is 12.0. The summed E-state index contributed by atoms with van der Waals surface area (Å²) in [5, 5.41) is 8.21. The van der Waals surface area contributed by atoms with Crippen molar-refractivity contribution in [3.05, 3.63) is 23.8 Å². The summed E-state index contributed by atoms with van der Waals surface area (Å²) < 4.78 is 1.84. The van der Waals surface area contributed by atoms with Crippen molar-refractivity contribution in [2.24, 2.45) is 5.92 Å². The van der Waals surface area contributed by atoms with E-state index in [9.17, 15) is 4.79 Å². The Labute approximate surface area is 118 Å². The van der Waals surface area contributed by atoms with Gasteiger partial charge in [0.1, 0.15) is 5.52 Å². The van der Waals surface area contributed by atoms with E-state index in [4.69, 9.17) is 0 Å². The largest absolute Gasteiger partial charge is 0.339 e. The highest BCUT2D eigenvalue weighted by atomic mass is 16.2. The van der Waals surface area contributed by atoms with Crippen molar-refractivity contribution in [3.8, 4) is 0 Å². The Morgan fingerprint density at radius 1 is 1.35 bits per heavy atom. The van der Waals surface area contributed by atoms with E-state index in [1.807, 2.05) is 34.7 Å². The molecule has 1 aliphatic heterocycles. The maximum absolute atomic E-state index is 12.5. The summed E-state index contributed by atoms with van der Waals surface area (Å²) in [6.45, 7) is 6.78. The first-order valence-electron chi connectivity index (χ1n) is 7.31. The molecule has 0 spiro atoms. The highest BCUT2D eigenvalue weighted by Crippen LogP contribution is 2.20. The van der Waals surface area contributed by atoms with Crippen LogP contribution in [0.25, 0.3) is 11.0 Å². The standard InChI is InChI=1S/C15H20N4O/c1-3-19-14-5-4-12(10-13(14)16-17-19)15(20)18-8-6-11(2)7-9-18/h4-5,10-11H,3,6-9H2,1-2H3. The molecular weight excluding hydrogens is 252 g/mol. The minimum absolute atomic E-state index is 0.116. The summed E-state index contributed by atoms with van der Waals surface area (Å²) in [4.78, 5) is 14.4. The van der Waals surface area contributed by atoms with Crippen LogP contribution in [0.15, 0.2) is 18.2 Å². The van der Waals surface area contributed by atoms with Crippen molar-refractivity contribution >= 4 is 16.9 Å². The molecule has 0 atom stereocenters. The van der Waals surface area contributed by atoms with E-state index in [-0.39, 0.29) is 5.91 Å². The Morgan fingerprint density at radius 2 is 2.10 bits per heavy atom. The monoisotopic (exact) mass is 272 g/mol. The third kappa shape index (κ3) is 2.28. The van der Waals surface area contributed by atoms with Crippen LogP contribution in [0, 0.1) is 5.92 Å². The van der Waals surface area contributed by atoms with Gasteiger partial charge in [0, 0.05) is 25.2 Å². The van der Waals surface area contributed by atoms with Gasteiger partial charge in [0.15, 0.2) is 0 Å². The van der Waals surface area contributed by atoms with Crippen LogP contribution in [0.5, 0.6) is 0 Å². The molecule has 2 aromatic rings. The number of likely N-dealkylation sites (tertiary alicyclic amines) is 1. The zero-order chi connectivity index (χ0) is 14.1. The van der Waals surface area contributed by atoms with Crippen molar-refractivity contribution in [1.29, 1.82) is 0 Å². The van der Waals surface area contributed by atoms with Crippen molar-refractivity contribution in [3.63, 3.8) is 0 Å². The highest BCUT2D eigenvalue weighted by Gasteiger charge is 2.21. The molecule has 5 nitrogen and oxygen atoms in total. The lowest BCUT2D eigenvalue weighted by Crippen LogP contribution is -2.37. The third-order valence-electron chi connectivity index (χ3n) is 4.13. The summed E-state index contributed by atoms with van der Waals surface area (Å²) in [6.07, 6.45) is 2.19. The topological polar surface area (TPSA) is 51.0 Å². The lowest BCUT2D eigenvalue weighted by atomic mass is 9.98. The smallest absolute Gasteiger partial charge is 0.253 e. The molecule has 5 heteroatoms. The van der Waals surface area contributed by atoms with Gasteiger partial charge in [-0.05, 0) is 43.9 Å². The number of carbonyl (C=O) groups excluding carboxylic acids is 1. The molecule has 1 aromatic carbocycles. The highest BCUT2D eigenvalue weighted by molar-refractivity contribution is 5.97. The number of benzene rings is 1. The second-order valence-corrected chi connectivity index (χ2v) is 5.58. The zero-order valence-electron chi connectivity index (χ0n) is 12.0. The number of hydrogen-bond acceptors (Lipinski definition) is 3. The minimum atomic E-state index is 0.116. The number of fused-ring (bicyclic) bond motifs is 1. The van der Waals surface area contributed by atoms with E-state index in [1.54, 1.807) is 0 Å². The fourth-order valence-electron chi connectivity index (χ4n) is 2.73. The van der Waals surface area contributed by atoms with Gasteiger partial charge in [-0.3, -0.25) is 4.79 Å². The number of aromatic nitrogens is 3. The van der Waals surface area contributed by atoms with Gasteiger partial charge in [0.2, 0.25) is 0 Å². The van der Waals surface area contributed by atoms with E-state index in [0.29, 0.717) is 0 Å². The van der Waals surface area contributed by atoms with Gasteiger partial charge in [-0.2, -0.15) is 0 Å². The number of piperidine rings is 1. The van der Waals surface area contributed by atoms with E-state index < -0.39 is 0 Å². The van der Waals surface area contributed by atoms with Crippen molar-refractivity contribution < 1.29 is 4.79 Å². The van der Waals surface area contributed by atoms with Crippen LogP contribution >= 0.6 is 0 Å². The molecule has 0 bridgehead atoms. The first-order chi connectivity index (χ1) is 9.69. The minimum Gasteiger partial charge on any atom is -0.339 e. The van der Waals surface area contributed by atoms with E-state index in [1.165, 1.54) is 0 Å². The van der Waals surface area contributed by atoms with Gasteiger partial charge in [-0.25, -0.2) is 4.68 Å². The average molecular weight is 272 g/mol. The van der Waals surface area contributed by atoms with Gasteiger partial charge in [0.25, 0.3) is 5.91 Å². The SMILES string of the molecule is CCn1nnc2cc(C(=O)N3CCC(C)CC3)ccc21. The molecule has 0 N–H and O–H groups in total. The number of hydrogen-bond donors (Lipinski definition) is 0. The van der Waals surface area contributed by atoms with Crippen LogP contribution in [0.2, 0.25) is 0 Å². The summed E-state index contributed by atoms with van der Waals surface area (Å²) >= 11 is 0. The Hall–Kier alpha value is -1.91. The molecule has 106 valence electrons. The summed E-state index contributed by atoms with van der Waals surface area (Å²) in [6, 6.07) is 5.69. The fraction of sp³-hybridized carbons (Fsp3) is 0.533. The molecule has 1 fully saturated rings. The molecule has 20 heavy (non-hydrogen) atoms. The molecule has 2 heterocycles. The molecule has 1 aromatic heterocycles. The summed E-state index contributed by atoms with van der Waals surface area (Å²) in [5.74, 6) is 0.843. The van der Waals surface area contributed by atoms with Gasteiger partial charge >= 0.3 is 0 Å². The van der Waals surface area contributed by atoms with Gasteiger partial charge < -0.3 is 4.90 Å². The Bertz CT molecular complexity index is 626. The molecule has 0 aliphatic carbocycles. The number of nitrogens with zero attached hydrogens (tertiary/aromatic N) is 4. The fourth-order valence-corrected chi connectivity index (χ4v) is 2.73. The maximum atomic E-state index is 12.5. The second-order valence-electron chi connectivity index (χ2n) is 5.58. The average Bonchev–Trinajstić information content (AvgIpc) is 2.89. The van der Waals surface area contributed by atoms with Crippen LogP contribution < -0.4 is 0 Å². The van der Waals surface area contributed by atoms with Crippen LogP contribution in [0.1, 0.15) is 37.0 Å². The van der Waals surface area contributed by atoms with Crippen molar-refractivity contribution in [1.82, 2.24) is 19.9 Å². The van der Waals surface area contributed by atoms with Gasteiger partial charge in [-0.15, -0.1) is 5.10 Å². The Morgan fingerprint density at radius 3 is 2.80 bits per heavy atom. The van der Waals surface area contributed by atoms with Crippen LogP contribution in [0.3, 0.4) is 0 Å². The van der Waals surface area contributed by atoms with E-state index in [2.05, 4.69) is 17.2 Å². The second kappa shape index (κ2) is 5.23. The Balaban J connectivity index is 1.84. The summed E-state index contributed by atoms with van der Waals surface area (Å²) in [7, 11) is 0. The van der Waals surface area contributed by atoms with Crippen LogP contribution in [-0.2, 0) is 6.54 Å². The first kappa shape index (κ1) is 13.1. The normalized spacial score (nSPS) is 16.8.